The van der Waals surface area contributed by atoms with Crippen LogP contribution >= 0.6 is 0 Å². The van der Waals surface area contributed by atoms with Crippen LogP contribution in [0.2, 0.25) is 0 Å². The molecule has 0 saturated heterocycles. The van der Waals surface area contributed by atoms with E-state index in [9.17, 15) is 4.79 Å². The molecule has 0 atom stereocenters. The van der Waals surface area contributed by atoms with E-state index < -0.39 is 0 Å². The van der Waals surface area contributed by atoms with Gasteiger partial charge in [-0.1, -0.05) is 111 Å². The monoisotopic (exact) mass is 328 g/mol. The summed E-state index contributed by atoms with van der Waals surface area (Å²) < 4.78 is 4.63. The Balaban J connectivity index is 0. The van der Waals surface area contributed by atoms with Crippen molar-refractivity contribution in [3.63, 3.8) is 0 Å². The summed E-state index contributed by atoms with van der Waals surface area (Å²) >= 11 is 0. The molecule has 0 aliphatic heterocycles. The van der Waals surface area contributed by atoms with Crippen molar-refractivity contribution in [2.24, 2.45) is 0 Å². The molecule has 0 fully saturated rings. The lowest BCUT2D eigenvalue weighted by molar-refractivity contribution is -0.140. The number of esters is 1. The topological polar surface area (TPSA) is 26.3 Å². The molecule has 2 nitrogen and oxygen atoms in total. The molecule has 23 heavy (non-hydrogen) atoms. The first-order valence-electron chi connectivity index (χ1n) is 10.4. The lowest BCUT2D eigenvalue weighted by Crippen LogP contribution is -1.99. The quantitative estimate of drug-likeness (QED) is 0.217. The largest absolute Gasteiger partial charge is 0.469 e. The second kappa shape index (κ2) is 23.7. The lowest BCUT2D eigenvalue weighted by atomic mass is 10.0. The minimum absolute atomic E-state index is 0.0651. The van der Waals surface area contributed by atoms with E-state index in [1.165, 1.54) is 97.0 Å². The summed E-state index contributed by atoms with van der Waals surface area (Å²) in [5.41, 5.74) is 0. The van der Waals surface area contributed by atoms with Crippen molar-refractivity contribution in [1.82, 2.24) is 0 Å². The molecule has 0 aromatic rings. The summed E-state index contributed by atoms with van der Waals surface area (Å²) in [6.07, 6.45) is 20.9. The molecule has 0 radical (unpaired) electrons. The highest BCUT2D eigenvalue weighted by molar-refractivity contribution is 5.68. The fourth-order valence-electron chi connectivity index (χ4n) is 2.74. The van der Waals surface area contributed by atoms with E-state index in [2.05, 4.69) is 11.7 Å². The molecule has 0 spiro atoms. The van der Waals surface area contributed by atoms with Crippen LogP contribution in [0.4, 0.5) is 0 Å². The minimum atomic E-state index is -0.0651. The zero-order valence-corrected chi connectivity index (χ0v) is 16.6. The van der Waals surface area contributed by atoms with E-state index in [-0.39, 0.29) is 5.97 Å². The maximum absolute atomic E-state index is 10.9. The van der Waals surface area contributed by atoms with Crippen LogP contribution in [-0.4, -0.2) is 13.1 Å². The third-order valence-corrected chi connectivity index (χ3v) is 4.21. The van der Waals surface area contributed by atoms with Crippen molar-refractivity contribution in [1.29, 1.82) is 0 Å². The predicted octanol–water partition coefficient (Wildman–Crippen LogP) is 7.45. The Bertz CT molecular complexity index is 214. The van der Waals surface area contributed by atoms with Crippen LogP contribution in [-0.2, 0) is 9.53 Å². The lowest BCUT2D eigenvalue weighted by Gasteiger charge is -2.03. The highest BCUT2D eigenvalue weighted by Gasteiger charge is 1.99. The molecule has 0 saturated carbocycles. The number of ether oxygens (including phenoxy) is 1. The second-order valence-electron chi connectivity index (χ2n) is 6.28. The first-order valence-corrected chi connectivity index (χ1v) is 10.4. The van der Waals surface area contributed by atoms with Crippen LogP contribution in [0.15, 0.2) is 0 Å². The van der Waals surface area contributed by atoms with Gasteiger partial charge in [-0.05, 0) is 6.42 Å². The molecular weight excluding hydrogens is 284 g/mol. The van der Waals surface area contributed by atoms with Gasteiger partial charge in [0.2, 0.25) is 0 Å². The van der Waals surface area contributed by atoms with Crippen LogP contribution in [0.25, 0.3) is 0 Å². The third-order valence-electron chi connectivity index (χ3n) is 4.21. The number of hydrogen-bond acceptors (Lipinski definition) is 2. The van der Waals surface area contributed by atoms with Crippen molar-refractivity contribution in [3.8, 4) is 0 Å². The predicted molar refractivity (Wildman–Crippen MR) is 103 cm³/mol. The van der Waals surface area contributed by atoms with Gasteiger partial charge in [0.05, 0.1) is 7.11 Å². The summed E-state index contributed by atoms with van der Waals surface area (Å²) in [4.78, 5) is 10.9. The van der Waals surface area contributed by atoms with Crippen LogP contribution in [0, 0.1) is 0 Å². The maximum atomic E-state index is 10.9. The number of unbranched alkanes of at least 4 members (excludes halogenated alkanes) is 14. The van der Waals surface area contributed by atoms with Crippen LogP contribution in [0.3, 0.4) is 0 Å². The Hall–Kier alpha value is -0.530. The van der Waals surface area contributed by atoms with Crippen molar-refractivity contribution in [3.05, 3.63) is 0 Å². The van der Waals surface area contributed by atoms with E-state index in [1.54, 1.807) is 0 Å². The van der Waals surface area contributed by atoms with E-state index in [4.69, 9.17) is 0 Å². The van der Waals surface area contributed by atoms with E-state index in [1.807, 2.05) is 13.8 Å². The van der Waals surface area contributed by atoms with E-state index in [0.717, 1.165) is 6.42 Å². The van der Waals surface area contributed by atoms with Gasteiger partial charge in [-0.15, -0.1) is 0 Å². The number of methoxy groups -OCH3 is 1. The number of carbonyl (C=O) groups is 1. The average molecular weight is 329 g/mol. The molecule has 2 heteroatoms. The molecule has 0 aliphatic carbocycles. The molecule has 0 bridgehead atoms. The Kier molecular flexibility index (Phi) is 25.5. The fraction of sp³-hybridized carbons (Fsp3) is 0.952. The van der Waals surface area contributed by atoms with Gasteiger partial charge in [0, 0.05) is 6.42 Å². The van der Waals surface area contributed by atoms with Crippen molar-refractivity contribution < 1.29 is 9.53 Å². The van der Waals surface area contributed by atoms with E-state index >= 15 is 0 Å². The highest BCUT2D eigenvalue weighted by Crippen LogP contribution is 2.13. The third kappa shape index (κ3) is 23.9. The Morgan fingerprint density at radius 3 is 1.22 bits per heavy atom. The Morgan fingerprint density at radius 2 is 0.913 bits per heavy atom. The first-order chi connectivity index (χ1) is 11.3. The summed E-state index contributed by atoms with van der Waals surface area (Å²) in [5, 5.41) is 0. The normalized spacial score (nSPS) is 10.1. The van der Waals surface area contributed by atoms with Crippen molar-refractivity contribution in [2.45, 2.75) is 124 Å². The summed E-state index contributed by atoms with van der Waals surface area (Å²) in [6.45, 7) is 6.28. The molecule has 0 aliphatic rings. The molecule has 140 valence electrons. The standard InChI is InChI=1S/C19H38O2.C2H6/c1-3-4-5-6-7-8-9-10-11-12-13-14-15-16-17-18-19(20)21-2;1-2/h3-18H2,1-2H3;1-2H3. The van der Waals surface area contributed by atoms with Crippen LogP contribution < -0.4 is 0 Å². The molecule has 0 rings (SSSR count). The summed E-state index contributed by atoms with van der Waals surface area (Å²) in [5.74, 6) is -0.0651. The fourth-order valence-corrected chi connectivity index (χ4v) is 2.74. The van der Waals surface area contributed by atoms with Gasteiger partial charge in [0.15, 0.2) is 0 Å². The molecule has 0 aromatic carbocycles. The number of hydrogen-bond donors (Lipinski definition) is 0. The molecule has 0 amide bonds. The zero-order valence-electron chi connectivity index (χ0n) is 16.6. The van der Waals surface area contributed by atoms with Crippen molar-refractivity contribution in [2.75, 3.05) is 7.11 Å². The summed E-state index contributed by atoms with van der Waals surface area (Å²) in [7, 11) is 1.47. The first kappa shape index (κ1) is 24.7. The van der Waals surface area contributed by atoms with Gasteiger partial charge in [0.1, 0.15) is 0 Å². The summed E-state index contributed by atoms with van der Waals surface area (Å²) in [6, 6.07) is 0. The number of rotatable bonds is 16. The van der Waals surface area contributed by atoms with Crippen molar-refractivity contribution >= 4 is 5.97 Å². The molecule has 0 heterocycles. The molecule has 0 unspecified atom stereocenters. The van der Waals surface area contributed by atoms with Gasteiger partial charge in [-0.2, -0.15) is 0 Å². The molecule has 0 aromatic heterocycles. The van der Waals surface area contributed by atoms with Gasteiger partial charge in [-0.3, -0.25) is 4.79 Å². The van der Waals surface area contributed by atoms with Gasteiger partial charge >= 0.3 is 5.97 Å². The smallest absolute Gasteiger partial charge is 0.305 e. The van der Waals surface area contributed by atoms with Gasteiger partial charge in [-0.25, -0.2) is 0 Å². The van der Waals surface area contributed by atoms with Gasteiger partial charge in [0.25, 0.3) is 0 Å². The SMILES string of the molecule is CC.CCCCCCCCCCCCCCCCCC(=O)OC. The minimum Gasteiger partial charge on any atom is -0.469 e. The van der Waals surface area contributed by atoms with Crippen LogP contribution in [0.5, 0.6) is 0 Å². The maximum Gasteiger partial charge on any atom is 0.305 e. The Labute approximate surface area is 146 Å². The zero-order chi connectivity index (χ0) is 17.6. The molecular formula is C21H44O2. The molecule has 0 N–H and O–H groups in total. The average Bonchev–Trinajstić information content (AvgIpc) is 2.59. The van der Waals surface area contributed by atoms with Crippen LogP contribution in [0.1, 0.15) is 124 Å². The van der Waals surface area contributed by atoms with E-state index in [0.29, 0.717) is 6.42 Å². The highest BCUT2D eigenvalue weighted by atomic mass is 16.5. The number of carbonyl (C=O) groups excluding carboxylic acids is 1. The second-order valence-corrected chi connectivity index (χ2v) is 6.28. The Morgan fingerprint density at radius 1 is 0.609 bits per heavy atom. The van der Waals surface area contributed by atoms with Gasteiger partial charge < -0.3 is 4.74 Å².